The molecule has 1 fully saturated rings. The lowest BCUT2D eigenvalue weighted by Gasteiger charge is -2.28. The predicted octanol–water partition coefficient (Wildman–Crippen LogP) is 3.97. The molecule has 1 aromatic carbocycles. The van der Waals surface area contributed by atoms with Crippen molar-refractivity contribution >= 4 is 6.03 Å². The predicted molar refractivity (Wildman–Crippen MR) is 82.6 cm³/mol. The van der Waals surface area contributed by atoms with Crippen LogP contribution in [-0.4, -0.2) is 24.0 Å². The smallest absolute Gasteiger partial charge is 0.317 e. The number of hydrogen-bond acceptors (Lipinski definition) is 1. The molecule has 3 heteroatoms. The van der Waals surface area contributed by atoms with E-state index in [0.29, 0.717) is 5.92 Å². The van der Waals surface area contributed by atoms with Crippen LogP contribution in [0.1, 0.15) is 51.1 Å². The second-order valence-corrected chi connectivity index (χ2v) is 5.55. The van der Waals surface area contributed by atoms with Gasteiger partial charge in [-0.05, 0) is 38.2 Å². The van der Waals surface area contributed by atoms with Crippen LogP contribution in [0.5, 0.6) is 0 Å². The summed E-state index contributed by atoms with van der Waals surface area (Å²) in [5.74, 6) is 0.580. The third-order valence-electron chi connectivity index (χ3n) is 4.36. The average Bonchev–Trinajstić information content (AvgIpc) is 3.01. The number of amides is 2. The number of carbonyl (C=O) groups is 1. The van der Waals surface area contributed by atoms with E-state index in [1.807, 2.05) is 24.8 Å². The van der Waals surface area contributed by atoms with Crippen LogP contribution in [0.4, 0.5) is 4.79 Å². The molecule has 0 bridgehead atoms. The fourth-order valence-corrected chi connectivity index (χ4v) is 3.16. The Kier molecular flexibility index (Phi) is 5.45. The highest BCUT2D eigenvalue weighted by atomic mass is 16.2. The lowest BCUT2D eigenvalue weighted by Crippen LogP contribution is -2.43. The highest BCUT2D eigenvalue weighted by Gasteiger charge is 2.28. The van der Waals surface area contributed by atoms with Gasteiger partial charge in [-0.15, -0.1) is 0 Å². The van der Waals surface area contributed by atoms with Crippen LogP contribution in [0.3, 0.4) is 0 Å². The fourth-order valence-electron chi connectivity index (χ4n) is 3.16. The van der Waals surface area contributed by atoms with Gasteiger partial charge < -0.3 is 10.2 Å². The van der Waals surface area contributed by atoms with Crippen molar-refractivity contribution in [2.24, 2.45) is 5.92 Å². The van der Waals surface area contributed by atoms with E-state index in [0.717, 1.165) is 13.1 Å². The van der Waals surface area contributed by atoms with Crippen molar-refractivity contribution in [3.63, 3.8) is 0 Å². The Morgan fingerprint density at radius 3 is 2.35 bits per heavy atom. The van der Waals surface area contributed by atoms with Gasteiger partial charge in [-0.25, -0.2) is 4.79 Å². The highest BCUT2D eigenvalue weighted by molar-refractivity contribution is 5.74. The van der Waals surface area contributed by atoms with E-state index >= 15 is 0 Å². The Balaban J connectivity index is 2.12. The summed E-state index contributed by atoms with van der Waals surface area (Å²) in [7, 11) is 0. The molecule has 0 radical (unpaired) electrons. The lowest BCUT2D eigenvalue weighted by molar-refractivity contribution is 0.193. The summed E-state index contributed by atoms with van der Waals surface area (Å²) in [5, 5.41) is 3.26. The van der Waals surface area contributed by atoms with Gasteiger partial charge in [0.1, 0.15) is 0 Å². The summed E-state index contributed by atoms with van der Waals surface area (Å²) in [5.41, 5.74) is 1.24. The molecule has 0 heterocycles. The van der Waals surface area contributed by atoms with Crippen LogP contribution < -0.4 is 5.32 Å². The van der Waals surface area contributed by atoms with Crippen molar-refractivity contribution in [1.82, 2.24) is 10.2 Å². The number of urea groups is 1. The van der Waals surface area contributed by atoms with Gasteiger partial charge in [0.2, 0.25) is 0 Å². The van der Waals surface area contributed by atoms with Crippen LogP contribution in [0.25, 0.3) is 0 Å². The van der Waals surface area contributed by atoms with Gasteiger partial charge in [-0.1, -0.05) is 43.2 Å². The maximum absolute atomic E-state index is 12.4. The van der Waals surface area contributed by atoms with E-state index in [1.165, 1.54) is 31.2 Å². The van der Waals surface area contributed by atoms with E-state index in [4.69, 9.17) is 0 Å². The Hall–Kier alpha value is -1.51. The Morgan fingerprint density at radius 2 is 1.80 bits per heavy atom. The second kappa shape index (κ2) is 7.32. The van der Waals surface area contributed by atoms with Crippen LogP contribution in [0.2, 0.25) is 0 Å². The van der Waals surface area contributed by atoms with E-state index in [1.54, 1.807) is 0 Å². The Morgan fingerprint density at radius 1 is 1.20 bits per heavy atom. The molecule has 3 nitrogen and oxygen atoms in total. The van der Waals surface area contributed by atoms with Crippen molar-refractivity contribution < 1.29 is 4.79 Å². The zero-order chi connectivity index (χ0) is 14.4. The molecule has 1 atom stereocenters. The summed E-state index contributed by atoms with van der Waals surface area (Å²) in [4.78, 5) is 14.2. The van der Waals surface area contributed by atoms with Crippen LogP contribution in [0, 0.1) is 5.92 Å². The van der Waals surface area contributed by atoms with Gasteiger partial charge in [-0.3, -0.25) is 0 Å². The number of carbonyl (C=O) groups excluding carboxylic acids is 1. The quantitative estimate of drug-likeness (QED) is 0.865. The molecule has 1 aliphatic rings. The van der Waals surface area contributed by atoms with E-state index in [-0.39, 0.29) is 12.1 Å². The SMILES string of the molecule is CCN(CC)C(=O)NC(c1ccccc1)C1CCCC1. The van der Waals surface area contributed by atoms with Crippen molar-refractivity contribution in [3.8, 4) is 0 Å². The normalized spacial score (nSPS) is 16.9. The molecule has 2 amide bonds. The molecular weight excluding hydrogens is 248 g/mol. The molecule has 1 aliphatic carbocycles. The van der Waals surface area contributed by atoms with Crippen molar-refractivity contribution in [2.75, 3.05) is 13.1 Å². The lowest BCUT2D eigenvalue weighted by atomic mass is 9.92. The Bertz CT molecular complexity index is 408. The van der Waals surface area contributed by atoms with Gasteiger partial charge >= 0.3 is 6.03 Å². The van der Waals surface area contributed by atoms with E-state index in [9.17, 15) is 4.79 Å². The molecule has 0 aromatic heterocycles. The van der Waals surface area contributed by atoms with Crippen LogP contribution >= 0.6 is 0 Å². The van der Waals surface area contributed by atoms with Crippen molar-refractivity contribution in [1.29, 1.82) is 0 Å². The van der Waals surface area contributed by atoms with Gasteiger partial charge in [0.05, 0.1) is 6.04 Å². The summed E-state index contributed by atoms with van der Waals surface area (Å²) in [6.45, 7) is 5.56. The number of hydrogen-bond donors (Lipinski definition) is 1. The molecule has 20 heavy (non-hydrogen) atoms. The molecule has 1 saturated carbocycles. The zero-order valence-corrected chi connectivity index (χ0v) is 12.6. The second-order valence-electron chi connectivity index (χ2n) is 5.55. The molecule has 0 saturated heterocycles. The molecular formula is C17H26N2O. The van der Waals surface area contributed by atoms with Gasteiger partial charge in [0, 0.05) is 13.1 Å². The minimum Gasteiger partial charge on any atom is -0.331 e. The molecule has 2 rings (SSSR count). The summed E-state index contributed by atoms with van der Waals surface area (Å²) in [6.07, 6.45) is 5.01. The number of rotatable bonds is 5. The minimum absolute atomic E-state index is 0.0655. The summed E-state index contributed by atoms with van der Waals surface area (Å²) < 4.78 is 0. The minimum atomic E-state index is 0.0655. The number of benzene rings is 1. The first-order valence-corrected chi connectivity index (χ1v) is 7.86. The fraction of sp³-hybridized carbons (Fsp3) is 0.588. The molecule has 1 aromatic rings. The van der Waals surface area contributed by atoms with Gasteiger partial charge in [-0.2, -0.15) is 0 Å². The van der Waals surface area contributed by atoms with Gasteiger partial charge in [0.15, 0.2) is 0 Å². The standard InChI is InChI=1S/C17H26N2O/c1-3-19(4-2)17(20)18-16(15-12-8-9-13-15)14-10-6-5-7-11-14/h5-7,10-11,15-16H,3-4,8-9,12-13H2,1-2H3,(H,18,20). The summed E-state index contributed by atoms with van der Waals surface area (Å²) >= 11 is 0. The molecule has 1 unspecified atom stereocenters. The highest BCUT2D eigenvalue weighted by Crippen LogP contribution is 2.35. The van der Waals surface area contributed by atoms with Crippen molar-refractivity contribution in [2.45, 2.75) is 45.6 Å². The monoisotopic (exact) mass is 274 g/mol. The first-order chi connectivity index (χ1) is 9.76. The third kappa shape index (κ3) is 3.53. The maximum atomic E-state index is 12.4. The van der Waals surface area contributed by atoms with Crippen LogP contribution in [0.15, 0.2) is 30.3 Å². The molecule has 1 N–H and O–H groups in total. The Labute approximate surface area is 122 Å². The first kappa shape index (κ1) is 14.9. The number of nitrogens with zero attached hydrogens (tertiary/aromatic N) is 1. The molecule has 110 valence electrons. The molecule has 0 spiro atoms. The van der Waals surface area contributed by atoms with E-state index < -0.39 is 0 Å². The topological polar surface area (TPSA) is 32.3 Å². The van der Waals surface area contributed by atoms with E-state index in [2.05, 4.69) is 29.6 Å². The number of nitrogens with one attached hydrogen (secondary N) is 1. The average molecular weight is 274 g/mol. The van der Waals surface area contributed by atoms with Crippen molar-refractivity contribution in [3.05, 3.63) is 35.9 Å². The third-order valence-corrected chi connectivity index (χ3v) is 4.36. The largest absolute Gasteiger partial charge is 0.331 e. The zero-order valence-electron chi connectivity index (χ0n) is 12.6. The first-order valence-electron chi connectivity index (χ1n) is 7.86. The maximum Gasteiger partial charge on any atom is 0.317 e. The molecule has 0 aliphatic heterocycles. The summed E-state index contributed by atoms with van der Waals surface area (Å²) in [6, 6.07) is 10.6. The van der Waals surface area contributed by atoms with Crippen LogP contribution in [-0.2, 0) is 0 Å². The van der Waals surface area contributed by atoms with Gasteiger partial charge in [0.25, 0.3) is 0 Å².